The van der Waals surface area contributed by atoms with Gasteiger partial charge in [0, 0.05) is 12.1 Å². The van der Waals surface area contributed by atoms with E-state index in [9.17, 15) is 9.59 Å². The van der Waals surface area contributed by atoms with Gasteiger partial charge >= 0.3 is 12.1 Å². The van der Waals surface area contributed by atoms with Gasteiger partial charge in [0.05, 0.1) is 21.3 Å². The van der Waals surface area contributed by atoms with Gasteiger partial charge in [0.15, 0.2) is 17.5 Å². The first-order chi connectivity index (χ1) is 15.7. The molecule has 178 valence electrons. The van der Waals surface area contributed by atoms with Crippen LogP contribution in [0, 0.1) is 0 Å². The molecule has 0 radical (unpaired) electrons. The Morgan fingerprint density at radius 2 is 1.82 bits per heavy atom. The van der Waals surface area contributed by atoms with Crippen LogP contribution in [0.15, 0.2) is 36.4 Å². The van der Waals surface area contributed by atoms with Crippen LogP contribution in [0.3, 0.4) is 0 Å². The van der Waals surface area contributed by atoms with E-state index in [2.05, 4.69) is 0 Å². The van der Waals surface area contributed by atoms with Crippen molar-refractivity contribution >= 4 is 12.1 Å². The van der Waals surface area contributed by atoms with Crippen molar-refractivity contribution in [3.05, 3.63) is 53.1 Å². The van der Waals surface area contributed by atoms with E-state index in [-0.39, 0.29) is 6.61 Å². The molecule has 1 heterocycles. The van der Waals surface area contributed by atoms with Crippen molar-refractivity contribution in [2.24, 2.45) is 0 Å². The quantitative estimate of drug-likeness (QED) is 0.599. The highest BCUT2D eigenvalue weighted by molar-refractivity contribution is 5.84. The molecule has 3 rings (SSSR count). The average molecular weight is 458 g/mol. The van der Waals surface area contributed by atoms with Crippen LogP contribution in [0.5, 0.6) is 17.2 Å². The standard InChI is InChI=1S/C25H31NO7/c1-25(2,3)33-24(28)26-13-12-16-14-18(10-11-19(16)21(26)23(27)31-6)32-15-17-8-7-9-20(29-4)22(17)30-5/h7-11,14,21H,12-13,15H2,1-6H3. The molecule has 0 bridgehead atoms. The van der Waals surface area contributed by atoms with E-state index in [0.717, 1.165) is 11.1 Å². The summed E-state index contributed by atoms with van der Waals surface area (Å²) >= 11 is 0. The summed E-state index contributed by atoms with van der Waals surface area (Å²) in [5.74, 6) is 1.38. The zero-order chi connectivity index (χ0) is 24.2. The maximum absolute atomic E-state index is 12.7. The van der Waals surface area contributed by atoms with E-state index in [0.29, 0.717) is 35.8 Å². The average Bonchev–Trinajstić information content (AvgIpc) is 2.79. The number of ether oxygens (including phenoxy) is 5. The van der Waals surface area contributed by atoms with E-state index in [1.165, 1.54) is 12.0 Å². The van der Waals surface area contributed by atoms with Crippen molar-refractivity contribution in [3.63, 3.8) is 0 Å². The van der Waals surface area contributed by atoms with Crippen LogP contribution < -0.4 is 14.2 Å². The number of methoxy groups -OCH3 is 3. The van der Waals surface area contributed by atoms with Crippen molar-refractivity contribution in [2.45, 2.75) is 45.4 Å². The van der Waals surface area contributed by atoms with Crippen LogP contribution in [-0.2, 0) is 27.3 Å². The molecule has 2 aromatic rings. The van der Waals surface area contributed by atoms with Gasteiger partial charge in [-0.3, -0.25) is 4.90 Å². The molecular weight excluding hydrogens is 426 g/mol. The minimum atomic E-state index is -0.874. The van der Waals surface area contributed by atoms with Gasteiger partial charge in [-0.2, -0.15) is 0 Å². The maximum Gasteiger partial charge on any atom is 0.411 e. The largest absolute Gasteiger partial charge is 0.493 e. The minimum Gasteiger partial charge on any atom is -0.493 e. The molecule has 1 aliphatic heterocycles. The Balaban J connectivity index is 1.83. The third-order valence-electron chi connectivity index (χ3n) is 5.27. The number of rotatable bonds is 6. The van der Waals surface area contributed by atoms with Crippen LogP contribution in [0.25, 0.3) is 0 Å². The molecule has 1 unspecified atom stereocenters. The second-order valence-corrected chi connectivity index (χ2v) is 8.65. The first kappa shape index (κ1) is 24.2. The Hall–Kier alpha value is -3.42. The first-order valence-electron chi connectivity index (χ1n) is 10.7. The zero-order valence-electron chi connectivity index (χ0n) is 20.0. The molecule has 0 spiro atoms. The fraction of sp³-hybridized carbons (Fsp3) is 0.440. The highest BCUT2D eigenvalue weighted by atomic mass is 16.6. The fourth-order valence-electron chi connectivity index (χ4n) is 3.80. The zero-order valence-corrected chi connectivity index (χ0v) is 20.0. The summed E-state index contributed by atoms with van der Waals surface area (Å²) in [6.07, 6.45) is 0.0101. The van der Waals surface area contributed by atoms with Crippen molar-refractivity contribution in [2.75, 3.05) is 27.9 Å². The third-order valence-corrected chi connectivity index (χ3v) is 5.27. The topological polar surface area (TPSA) is 83.5 Å². The summed E-state index contributed by atoms with van der Waals surface area (Å²) in [4.78, 5) is 26.8. The van der Waals surface area contributed by atoms with Crippen molar-refractivity contribution < 1.29 is 33.3 Å². The Labute approximate surface area is 194 Å². The van der Waals surface area contributed by atoms with Crippen molar-refractivity contribution in [3.8, 4) is 17.2 Å². The van der Waals surface area contributed by atoms with Gasteiger partial charge in [-0.25, -0.2) is 9.59 Å². The van der Waals surface area contributed by atoms with E-state index in [1.807, 2.05) is 24.3 Å². The van der Waals surface area contributed by atoms with Gasteiger partial charge in [-0.05, 0) is 56.5 Å². The molecule has 0 fully saturated rings. The van der Waals surface area contributed by atoms with Crippen LogP contribution in [0.2, 0.25) is 0 Å². The van der Waals surface area contributed by atoms with Crippen LogP contribution in [-0.4, -0.2) is 50.4 Å². The number of hydrogen-bond acceptors (Lipinski definition) is 7. The first-order valence-corrected chi connectivity index (χ1v) is 10.7. The number of carbonyl (C=O) groups excluding carboxylic acids is 2. The van der Waals surface area contributed by atoms with E-state index in [1.54, 1.807) is 47.1 Å². The molecule has 0 aromatic heterocycles. The van der Waals surface area contributed by atoms with Crippen molar-refractivity contribution in [1.82, 2.24) is 4.90 Å². The summed E-state index contributed by atoms with van der Waals surface area (Å²) in [7, 11) is 4.48. The maximum atomic E-state index is 12.7. The van der Waals surface area contributed by atoms with Gasteiger partial charge in [-0.1, -0.05) is 18.2 Å². The Morgan fingerprint density at radius 1 is 1.06 bits per heavy atom. The van der Waals surface area contributed by atoms with Crippen molar-refractivity contribution in [1.29, 1.82) is 0 Å². The SMILES string of the molecule is COC(=O)C1c2ccc(OCc3cccc(OC)c3OC)cc2CCN1C(=O)OC(C)(C)C. The molecule has 1 amide bonds. The van der Waals surface area contributed by atoms with Gasteiger partial charge < -0.3 is 23.7 Å². The number of nitrogens with zero attached hydrogens (tertiary/aromatic N) is 1. The van der Waals surface area contributed by atoms with Crippen LogP contribution in [0.4, 0.5) is 4.79 Å². The normalized spacial score (nSPS) is 15.3. The Bertz CT molecular complexity index is 1010. The summed E-state index contributed by atoms with van der Waals surface area (Å²) in [5, 5.41) is 0. The molecule has 8 nitrogen and oxygen atoms in total. The van der Waals surface area contributed by atoms with Crippen LogP contribution >= 0.6 is 0 Å². The molecule has 1 atom stereocenters. The predicted octanol–water partition coefficient (Wildman–Crippen LogP) is 4.29. The Kier molecular flexibility index (Phi) is 7.36. The molecular formula is C25H31NO7. The lowest BCUT2D eigenvalue weighted by molar-refractivity contribution is -0.147. The summed E-state index contributed by atoms with van der Waals surface area (Å²) < 4.78 is 27.3. The number of benzene rings is 2. The predicted molar refractivity (Wildman–Crippen MR) is 122 cm³/mol. The lowest BCUT2D eigenvalue weighted by atomic mass is 9.92. The number of esters is 1. The second kappa shape index (κ2) is 10.0. The molecule has 1 aliphatic rings. The third kappa shape index (κ3) is 5.50. The monoisotopic (exact) mass is 457 g/mol. The van der Waals surface area contributed by atoms with Crippen LogP contribution in [0.1, 0.15) is 43.5 Å². The summed E-state index contributed by atoms with van der Waals surface area (Å²) in [6, 6.07) is 10.2. The van der Waals surface area contributed by atoms with Gasteiger partial charge in [0.25, 0.3) is 0 Å². The number of amides is 1. The molecule has 8 heteroatoms. The number of carbonyl (C=O) groups is 2. The molecule has 0 saturated carbocycles. The van der Waals surface area contributed by atoms with Gasteiger partial charge in [0.1, 0.15) is 18.0 Å². The van der Waals surface area contributed by atoms with E-state index < -0.39 is 23.7 Å². The molecule has 2 aromatic carbocycles. The highest BCUT2D eigenvalue weighted by Crippen LogP contribution is 2.35. The molecule has 33 heavy (non-hydrogen) atoms. The fourth-order valence-corrected chi connectivity index (χ4v) is 3.80. The number of para-hydroxylation sites is 1. The lowest BCUT2D eigenvalue weighted by Crippen LogP contribution is -2.46. The summed E-state index contributed by atoms with van der Waals surface area (Å²) in [6.45, 7) is 5.98. The van der Waals surface area contributed by atoms with E-state index >= 15 is 0 Å². The molecule has 0 aliphatic carbocycles. The van der Waals surface area contributed by atoms with E-state index in [4.69, 9.17) is 23.7 Å². The van der Waals surface area contributed by atoms with Gasteiger partial charge in [0.2, 0.25) is 0 Å². The molecule has 0 N–H and O–H groups in total. The lowest BCUT2D eigenvalue weighted by Gasteiger charge is -2.36. The summed E-state index contributed by atoms with van der Waals surface area (Å²) in [5.41, 5.74) is 1.79. The minimum absolute atomic E-state index is 0.281. The number of fused-ring (bicyclic) bond motifs is 1. The highest BCUT2D eigenvalue weighted by Gasteiger charge is 2.39. The number of hydrogen-bond donors (Lipinski definition) is 0. The smallest absolute Gasteiger partial charge is 0.411 e. The van der Waals surface area contributed by atoms with Gasteiger partial charge in [-0.15, -0.1) is 0 Å². The Morgan fingerprint density at radius 3 is 2.45 bits per heavy atom. The molecule has 0 saturated heterocycles. The second-order valence-electron chi connectivity index (χ2n) is 8.65.